The Kier molecular flexibility index (Phi) is 5.61. The highest BCUT2D eigenvalue weighted by atomic mass is 14.9. The molecule has 0 aliphatic heterocycles. The van der Waals surface area contributed by atoms with E-state index in [-0.39, 0.29) is 0 Å². The van der Waals surface area contributed by atoms with Crippen LogP contribution in [0.3, 0.4) is 0 Å². The first-order chi connectivity index (χ1) is 6.63. The van der Waals surface area contributed by atoms with Crippen LogP contribution in [0.1, 0.15) is 33.0 Å². The smallest absolute Gasteiger partial charge is 0.104 e. The second-order valence-corrected chi connectivity index (χ2v) is 2.84. The van der Waals surface area contributed by atoms with Gasteiger partial charge in [-0.05, 0) is 19.4 Å². The minimum atomic E-state index is 0.863. The summed E-state index contributed by atoms with van der Waals surface area (Å²) in [4.78, 5) is 7.31. The number of hydrogen-bond acceptors (Lipinski definition) is 1. The number of rotatable bonds is 2. The van der Waals surface area contributed by atoms with Crippen molar-refractivity contribution in [2.24, 2.45) is 0 Å². The Morgan fingerprint density at radius 1 is 1.50 bits per heavy atom. The lowest BCUT2D eigenvalue weighted by Crippen LogP contribution is -2.22. The molecular formula is C12H20N2. The first kappa shape index (κ1) is 12.7. The molecule has 1 N–H and O–H groups in total. The van der Waals surface area contributed by atoms with Crippen LogP contribution in [0, 0.1) is 6.92 Å². The molecule has 1 rings (SSSR count). The van der Waals surface area contributed by atoms with Crippen LogP contribution in [0.4, 0.5) is 0 Å². The van der Waals surface area contributed by atoms with Gasteiger partial charge in [0.05, 0.1) is 10.7 Å². The molecule has 0 bridgehead atoms. The third-order valence-electron chi connectivity index (χ3n) is 1.72. The van der Waals surface area contributed by atoms with Crippen molar-refractivity contribution in [3.63, 3.8) is 0 Å². The van der Waals surface area contributed by atoms with Crippen molar-refractivity contribution < 1.29 is 0 Å². The third kappa shape index (κ3) is 3.60. The monoisotopic (exact) mass is 192 g/mol. The lowest BCUT2D eigenvalue weighted by atomic mass is 10.2. The van der Waals surface area contributed by atoms with Gasteiger partial charge < -0.3 is 4.98 Å². The van der Waals surface area contributed by atoms with E-state index in [2.05, 4.69) is 30.0 Å². The van der Waals surface area contributed by atoms with Crippen LogP contribution in [-0.2, 0) is 0 Å². The van der Waals surface area contributed by atoms with Crippen LogP contribution in [0.25, 0.3) is 12.7 Å². The predicted molar refractivity (Wildman–Crippen MR) is 63.3 cm³/mol. The van der Waals surface area contributed by atoms with Crippen LogP contribution in [0.15, 0.2) is 12.2 Å². The highest BCUT2D eigenvalue weighted by Gasteiger charge is 1.90. The Bertz CT molecular complexity index is 385. The third-order valence-corrected chi connectivity index (χ3v) is 1.72. The Labute approximate surface area is 86.1 Å². The molecule has 0 spiro atoms. The number of nitrogens with one attached hydrogen (secondary N) is 1. The fourth-order valence-electron chi connectivity index (χ4n) is 0.973. The fraction of sp³-hybridized carbons (Fsp3) is 0.417. The molecule has 2 heteroatoms. The van der Waals surface area contributed by atoms with Crippen LogP contribution in [0.5, 0.6) is 0 Å². The van der Waals surface area contributed by atoms with Gasteiger partial charge in [0.15, 0.2) is 0 Å². The molecule has 0 atom stereocenters. The summed E-state index contributed by atoms with van der Waals surface area (Å²) in [6.45, 7) is 15.7. The van der Waals surface area contributed by atoms with Crippen LogP contribution in [-0.4, -0.2) is 9.97 Å². The standard InChI is InChI=1S/C10H14N2.C2H6/c1-5-7(2)6-10-8(3)11-9(4)12-10;1-2/h6H,2-3,5H2,1,4H3,(H,11,12);1-2H3/b10-6+;. The van der Waals surface area contributed by atoms with Crippen LogP contribution in [0.2, 0.25) is 0 Å². The van der Waals surface area contributed by atoms with Crippen molar-refractivity contribution in [3.8, 4) is 0 Å². The van der Waals surface area contributed by atoms with Gasteiger partial charge in [-0.25, -0.2) is 4.98 Å². The van der Waals surface area contributed by atoms with E-state index in [0.717, 1.165) is 28.5 Å². The highest BCUT2D eigenvalue weighted by molar-refractivity contribution is 5.42. The van der Waals surface area contributed by atoms with E-state index in [0.29, 0.717) is 0 Å². The zero-order valence-corrected chi connectivity index (χ0v) is 9.65. The summed E-state index contributed by atoms with van der Waals surface area (Å²) in [7, 11) is 0. The van der Waals surface area contributed by atoms with Gasteiger partial charge in [-0.2, -0.15) is 0 Å². The van der Waals surface area contributed by atoms with Crippen molar-refractivity contribution in [1.82, 2.24) is 9.97 Å². The average molecular weight is 192 g/mol. The Morgan fingerprint density at radius 2 is 2.07 bits per heavy atom. The maximum absolute atomic E-state index is 4.26. The molecule has 0 aromatic carbocycles. The SMILES string of the molecule is C=C(/C=c1/nc(C)[nH]c1=C)CC.CC. The number of aromatic amines is 1. The summed E-state index contributed by atoms with van der Waals surface area (Å²) in [5, 5.41) is 1.77. The number of aryl methyl sites for hydroxylation is 1. The molecule has 0 unspecified atom stereocenters. The zero-order chi connectivity index (χ0) is 11.1. The Morgan fingerprint density at radius 3 is 2.43 bits per heavy atom. The van der Waals surface area contributed by atoms with E-state index < -0.39 is 0 Å². The average Bonchev–Trinajstić information content (AvgIpc) is 2.48. The molecule has 0 saturated carbocycles. The number of hydrogen-bond donors (Lipinski definition) is 1. The molecule has 1 aromatic heterocycles. The minimum Gasteiger partial charge on any atom is -0.343 e. The quantitative estimate of drug-likeness (QED) is 0.761. The molecule has 14 heavy (non-hydrogen) atoms. The van der Waals surface area contributed by atoms with Crippen molar-refractivity contribution in [2.45, 2.75) is 34.1 Å². The number of allylic oxidation sites excluding steroid dienone is 1. The summed E-state index contributed by atoms with van der Waals surface area (Å²) in [5.74, 6) is 0.898. The number of nitrogens with zero attached hydrogens (tertiary/aromatic N) is 1. The molecule has 0 saturated heterocycles. The van der Waals surface area contributed by atoms with Gasteiger partial charge in [0.25, 0.3) is 0 Å². The number of imidazole rings is 1. The molecule has 0 aliphatic rings. The summed E-state index contributed by atoms with van der Waals surface area (Å²) in [6, 6.07) is 0. The normalized spacial score (nSPS) is 10.7. The van der Waals surface area contributed by atoms with Gasteiger partial charge in [-0.15, -0.1) is 0 Å². The lowest BCUT2D eigenvalue weighted by Gasteiger charge is -1.87. The predicted octanol–water partition coefficient (Wildman–Crippen LogP) is 1.90. The molecule has 0 radical (unpaired) electrons. The molecule has 2 nitrogen and oxygen atoms in total. The molecule has 0 fully saturated rings. The molecular weight excluding hydrogens is 172 g/mol. The van der Waals surface area contributed by atoms with Crippen molar-refractivity contribution in [2.75, 3.05) is 0 Å². The number of H-pyrrole nitrogens is 1. The maximum Gasteiger partial charge on any atom is 0.104 e. The molecule has 0 amide bonds. The second-order valence-electron chi connectivity index (χ2n) is 2.84. The van der Waals surface area contributed by atoms with Crippen LogP contribution < -0.4 is 10.7 Å². The summed E-state index contributed by atoms with van der Waals surface area (Å²) >= 11 is 0. The van der Waals surface area contributed by atoms with Crippen molar-refractivity contribution in [3.05, 3.63) is 28.7 Å². The molecule has 1 heterocycles. The summed E-state index contributed by atoms with van der Waals surface area (Å²) < 4.78 is 0. The van der Waals surface area contributed by atoms with Crippen molar-refractivity contribution >= 4 is 12.7 Å². The van der Waals surface area contributed by atoms with Gasteiger partial charge in [-0.1, -0.05) is 39.5 Å². The van der Waals surface area contributed by atoms with Crippen molar-refractivity contribution in [1.29, 1.82) is 0 Å². The van der Waals surface area contributed by atoms with E-state index in [1.807, 2.05) is 26.8 Å². The number of aromatic nitrogens is 2. The maximum atomic E-state index is 4.26. The van der Waals surface area contributed by atoms with Gasteiger partial charge in [0.2, 0.25) is 0 Å². The largest absolute Gasteiger partial charge is 0.343 e. The zero-order valence-electron chi connectivity index (χ0n) is 9.65. The van der Waals surface area contributed by atoms with Crippen LogP contribution >= 0.6 is 0 Å². The fourth-order valence-corrected chi connectivity index (χ4v) is 0.973. The molecule has 78 valence electrons. The molecule has 1 aromatic rings. The Balaban J connectivity index is 0.000000791. The summed E-state index contributed by atoms with van der Waals surface area (Å²) in [5.41, 5.74) is 1.08. The van der Waals surface area contributed by atoms with Gasteiger partial charge in [0.1, 0.15) is 5.82 Å². The molecule has 0 aliphatic carbocycles. The van der Waals surface area contributed by atoms with E-state index in [1.54, 1.807) is 0 Å². The van der Waals surface area contributed by atoms with E-state index in [9.17, 15) is 0 Å². The second kappa shape index (κ2) is 6.19. The first-order valence-corrected chi connectivity index (χ1v) is 5.04. The van der Waals surface area contributed by atoms with E-state index >= 15 is 0 Å². The minimum absolute atomic E-state index is 0.863. The Hall–Kier alpha value is -1.31. The van der Waals surface area contributed by atoms with Gasteiger partial charge >= 0.3 is 0 Å². The topological polar surface area (TPSA) is 28.7 Å². The lowest BCUT2D eigenvalue weighted by molar-refractivity contribution is 1.13. The van der Waals surface area contributed by atoms with Gasteiger partial charge in [0, 0.05) is 0 Å². The van der Waals surface area contributed by atoms with Gasteiger partial charge in [-0.3, -0.25) is 0 Å². The summed E-state index contributed by atoms with van der Waals surface area (Å²) in [6.07, 6.45) is 2.91. The van der Waals surface area contributed by atoms with E-state index in [4.69, 9.17) is 0 Å². The van der Waals surface area contributed by atoms with E-state index in [1.165, 1.54) is 0 Å². The first-order valence-electron chi connectivity index (χ1n) is 5.04. The highest BCUT2D eigenvalue weighted by Crippen LogP contribution is 1.95.